The van der Waals surface area contributed by atoms with Crippen molar-refractivity contribution in [3.05, 3.63) is 30.1 Å². The van der Waals surface area contributed by atoms with Crippen LogP contribution in [0.4, 0.5) is 0 Å². The summed E-state index contributed by atoms with van der Waals surface area (Å²) >= 11 is 0. The van der Waals surface area contributed by atoms with Gasteiger partial charge in [-0.05, 0) is 43.7 Å². The van der Waals surface area contributed by atoms with Crippen LogP contribution in [0.2, 0.25) is 0 Å². The van der Waals surface area contributed by atoms with E-state index in [1.54, 1.807) is 6.20 Å². The first-order chi connectivity index (χ1) is 9.77. The van der Waals surface area contributed by atoms with Gasteiger partial charge in [0.25, 0.3) is 0 Å². The van der Waals surface area contributed by atoms with Gasteiger partial charge in [0, 0.05) is 31.3 Å². The number of hydrogen-bond acceptors (Lipinski definition) is 3. The maximum absolute atomic E-state index is 12.4. The average molecular weight is 273 g/mol. The van der Waals surface area contributed by atoms with Crippen LogP contribution < -0.4 is 0 Å². The average Bonchev–Trinajstić information content (AvgIpc) is 2.93. The molecule has 2 heterocycles. The van der Waals surface area contributed by atoms with Crippen molar-refractivity contribution in [1.29, 1.82) is 0 Å². The lowest BCUT2D eigenvalue weighted by Crippen LogP contribution is -2.39. The highest BCUT2D eigenvalue weighted by Crippen LogP contribution is 2.42. The van der Waals surface area contributed by atoms with Gasteiger partial charge >= 0.3 is 0 Å². The number of aromatic nitrogens is 1. The van der Waals surface area contributed by atoms with Crippen LogP contribution >= 0.6 is 0 Å². The highest BCUT2D eigenvalue weighted by atomic mass is 16.5. The number of Topliss-reactive ketones (excluding diaryl/α,β-unsaturated/α-hetero) is 1. The minimum absolute atomic E-state index is 0.0485. The van der Waals surface area contributed by atoms with Gasteiger partial charge in [0.15, 0.2) is 0 Å². The van der Waals surface area contributed by atoms with E-state index in [0.717, 1.165) is 44.3 Å². The molecule has 1 unspecified atom stereocenters. The van der Waals surface area contributed by atoms with Crippen molar-refractivity contribution < 1.29 is 9.53 Å². The van der Waals surface area contributed by atoms with Crippen molar-refractivity contribution in [2.45, 2.75) is 57.0 Å². The molecule has 2 aliphatic rings. The van der Waals surface area contributed by atoms with E-state index in [0.29, 0.717) is 12.2 Å². The molecule has 3 rings (SSSR count). The normalized spacial score (nSPS) is 24.9. The first-order valence-electron chi connectivity index (χ1n) is 7.83. The Kier molecular flexibility index (Phi) is 4.16. The van der Waals surface area contributed by atoms with Crippen LogP contribution in [0.1, 0.15) is 50.5 Å². The molecule has 0 bridgehead atoms. The van der Waals surface area contributed by atoms with Gasteiger partial charge in [-0.15, -0.1) is 0 Å². The molecule has 0 radical (unpaired) electrons. The molecule has 2 fully saturated rings. The fourth-order valence-corrected chi connectivity index (χ4v) is 3.69. The number of hydrogen-bond donors (Lipinski definition) is 0. The third-order valence-corrected chi connectivity index (χ3v) is 4.85. The van der Waals surface area contributed by atoms with Gasteiger partial charge in [-0.25, -0.2) is 0 Å². The largest absolute Gasteiger partial charge is 0.375 e. The molecule has 1 aliphatic heterocycles. The number of aryl methyl sites for hydroxylation is 1. The summed E-state index contributed by atoms with van der Waals surface area (Å²) in [4.78, 5) is 16.5. The SMILES string of the molecule is O=C(CCc1cccnc1)C1CCOC2(CCCC2)C1. The summed E-state index contributed by atoms with van der Waals surface area (Å²) in [5, 5.41) is 0. The number of carbonyl (C=O) groups is 1. The Labute approximate surface area is 120 Å². The van der Waals surface area contributed by atoms with Crippen LogP contribution in [0.3, 0.4) is 0 Å². The summed E-state index contributed by atoms with van der Waals surface area (Å²) in [6, 6.07) is 3.98. The first-order valence-corrected chi connectivity index (χ1v) is 7.83. The van der Waals surface area contributed by atoms with E-state index in [-0.39, 0.29) is 11.5 Å². The highest BCUT2D eigenvalue weighted by molar-refractivity contribution is 5.81. The van der Waals surface area contributed by atoms with E-state index in [1.807, 2.05) is 18.3 Å². The molecular formula is C17H23NO2. The van der Waals surface area contributed by atoms with Crippen molar-refractivity contribution in [3.63, 3.8) is 0 Å². The Hall–Kier alpha value is -1.22. The maximum Gasteiger partial charge on any atom is 0.136 e. The van der Waals surface area contributed by atoms with Gasteiger partial charge in [-0.2, -0.15) is 0 Å². The van der Waals surface area contributed by atoms with Gasteiger partial charge in [0.05, 0.1) is 5.60 Å². The van der Waals surface area contributed by atoms with Gasteiger partial charge in [0.2, 0.25) is 0 Å². The second-order valence-electron chi connectivity index (χ2n) is 6.26. The van der Waals surface area contributed by atoms with Crippen molar-refractivity contribution in [1.82, 2.24) is 4.98 Å². The van der Waals surface area contributed by atoms with Gasteiger partial charge in [-0.1, -0.05) is 18.9 Å². The Morgan fingerprint density at radius 1 is 1.40 bits per heavy atom. The minimum Gasteiger partial charge on any atom is -0.375 e. The van der Waals surface area contributed by atoms with Crippen LogP contribution in [-0.4, -0.2) is 23.0 Å². The van der Waals surface area contributed by atoms with Crippen molar-refractivity contribution >= 4 is 5.78 Å². The number of ketones is 1. The molecule has 1 aromatic rings. The van der Waals surface area contributed by atoms with Crippen molar-refractivity contribution in [3.8, 4) is 0 Å². The monoisotopic (exact) mass is 273 g/mol. The van der Waals surface area contributed by atoms with Crippen molar-refractivity contribution in [2.24, 2.45) is 5.92 Å². The Balaban J connectivity index is 1.54. The Bertz CT molecular complexity index is 451. The predicted octanol–water partition coefficient (Wildman–Crippen LogP) is 3.32. The molecule has 1 spiro atoms. The van der Waals surface area contributed by atoms with E-state index in [2.05, 4.69) is 4.98 Å². The third-order valence-electron chi connectivity index (χ3n) is 4.85. The first kappa shape index (κ1) is 13.7. The minimum atomic E-state index is 0.0485. The lowest BCUT2D eigenvalue weighted by Gasteiger charge is -2.37. The molecule has 1 atom stereocenters. The van der Waals surface area contributed by atoms with E-state index in [9.17, 15) is 4.79 Å². The topological polar surface area (TPSA) is 39.2 Å². The second kappa shape index (κ2) is 6.04. The molecule has 1 aliphatic carbocycles. The number of nitrogens with zero attached hydrogens (tertiary/aromatic N) is 1. The second-order valence-corrected chi connectivity index (χ2v) is 6.26. The number of carbonyl (C=O) groups excluding carboxylic acids is 1. The van der Waals surface area contributed by atoms with Crippen LogP contribution in [0, 0.1) is 5.92 Å². The molecular weight excluding hydrogens is 250 g/mol. The maximum atomic E-state index is 12.4. The number of rotatable bonds is 4. The molecule has 0 N–H and O–H groups in total. The fraction of sp³-hybridized carbons (Fsp3) is 0.647. The summed E-state index contributed by atoms with van der Waals surface area (Å²) in [6.07, 6.45) is 11.8. The lowest BCUT2D eigenvalue weighted by molar-refractivity contribution is -0.136. The van der Waals surface area contributed by atoms with Gasteiger partial charge in [-0.3, -0.25) is 9.78 Å². The van der Waals surface area contributed by atoms with E-state index >= 15 is 0 Å². The molecule has 1 saturated heterocycles. The van der Waals surface area contributed by atoms with E-state index in [1.165, 1.54) is 12.8 Å². The van der Waals surface area contributed by atoms with Gasteiger partial charge in [0.1, 0.15) is 5.78 Å². The highest BCUT2D eigenvalue weighted by Gasteiger charge is 2.41. The standard InChI is InChI=1S/C17H23NO2/c19-16(6-5-14-4-3-10-18-13-14)15-7-11-20-17(12-15)8-1-2-9-17/h3-4,10,13,15H,1-2,5-9,11-12H2. The van der Waals surface area contributed by atoms with Crippen LogP contribution in [0.5, 0.6) is 0 Å². The third kappa shape index (κ3) is 3.09. The summed E-state index contributed by atoms with van der Waals surface area (Å²) < 4.78 is 6.01. The lowest BCUT2D eigenvalue weighted by atomic mass is 9.81. The smallest absolute Gasteiger partial charge is 0.136 e. The molecule has 0 aromatic carbocycles. The molecule has 20 heavy (non-hydrogen) atoms. The van der Waals surface area contributed by atoms with Crippen LogP contribution in [0.15, 0.2) is 24.5 Å². The molecule has 108 valence electrons. The van der Waals surface area contributed by atoms with Crippen LogP contribution in [0.25, 0.3) is 0 Å². The molecule has 1 saturated carbocycles. The quantitative estimate of drug-likeness (QED) is 0.844. The summed E-state index contributed by atoms with van der Waals surface area (Å²) in [7, 11) is 0. The van der Waals surface area contributed by atoms with Crippen molar-refractivity contribution in [2.75, 3.05) is 6.61 Å². The Morgan fingerprint density at radius 3 is 3.00 bits per heavy atom. The molecule has 1 aromatic heterocycles. The zero-order valence-corrected chi connectivity index (χ0v) is 12.0. The number of pyridine rings is 1. The molecule has 3 heteroatoms. The zero-order valence-electron chi connectivity index (χ0n) is 12.0. The molecule has 0 amide bonds. The van der Waals surface area contributed by atoms with E-state index < -0.39 is 0 Å². The van der Waals surface area contributed by atoms with Gasteiger partial charge < -0.3 is 4.74 Å². The zero-order chi connectivity index (χ0) is 13.8. The predicted molar refractivity (Wildman–Crippen MR) is 77.4 cm³/mol. The summed E-state index contributed by atoms with van der Waals surface area (Å²) in [6.45, 7) is 0.767. The Morgan fingerprint density at radius 2 is 2.25 bits per heavy atom. The van der Waals surface area contributed by atoms with Crippen LogP contribution in [-0.2, 0) is 16.0 Å². The molecule has 3 nitrogen and oxygen atoms in total. The summed E-state index contributed by atoms with van der Waals surface area (Å²) in [5.41, 5.74) is 1.20. The number of ether oxygens (including phenoxy) is 1. The van der Waals surface area contributed by atoms with E-state index in [4.69, 9.17) is 4.74 Å². The summed E-state index contributed by atoms with van der Waals surface area (Å²) in [5.74, 6) is 0.641. The fourth-order valence-electron chi connectivity index (χ4n) is 3.69.